The molecular weight excluding hydrogens is 212 g/mol. The molecule has 2 rings (SSSR count). The van der Waals surface area contributed by atoms with Gasteiger partial charge in [0.05, 0.1) is 6.61 Å². The average molecular weight is 224 g/mol. The van der Waals surface area contributed by atoms with Crippen molar-refractivity contribution in [3.63, 3.8) is 0 Å². The molecule has 86 valence electrons. The van der Waals surface area contributed by atoms with Gasteiger partial charge in [0.15, 0.2) is 11.5 Å². The molecule has 0 fully saturated rings. The second-order valence-corrected chi connectivity index (χ2v) is 3.16. The molecule has 1 unspecified atom stereocenters. The molecule has 0 amide bonds. The lowest BCUT2D eigenvalue weighted by Gasteiger charge is -2.08. The van der Waals surface area contributed by atoms with Crippen LogP contribution in [-0.4, -0.2) is 26.5 Å². The molecule has 0 N–H and O–H groups in total. The molecule has 16 heavy (non-hydrogen) atoms. The van der Waals surface area contributed by atoms with Gasteiger partial charge in [0, 0.05) is 12.7 Å². The van der Waals surface area contributed by atoms with Gasteiger partial charge in [0.1, 0.15) is 6.29 Å². The number of carbonyl (C=O) groups excluding carboxylic acids is 1. The van der Waals surface area contributed by atoms with Gasteiger partial charge in [-0.15, -0.1) is 0 Å². The first-order chi connectivity index (χ1) is 7.78. The van der Waals surface area contributed by atoms with E-state index in [1.54, 1.807) is 12.1 Å². The molecule has 0 radical (unpaired) electrons. The predicted octanol–water partition coefficient (Wildman–Crippen LogP) is 1.60. The fraction of sp³-hybridized carbons (Fsp3) is 0.364. The van der Waals surface area contributed by atoms with Gasteiger partial charge in [0.2, 0.25) is 5.75 Å². The summed E-state index contributed by atoms with van der Waals surface area (Å²) in [6.07, 6.45) is 0.728. The van der Waals surface area contributed by atoms with Crippen LogP contribution in [0.3, 0.4) is 0 Å². The summed E-state index contributed by atoms with van der Waals surface area (Å²) in [6, 6.07) is 3.20. The van der Waals surface area contributed by atoms with Gasteiger partial charge >= 0.3 is 6.48 Å². The van der Waals surface area contributed by atoms with Gasteiger partial charge in [-0.2, -0.15) is 0 Å². The van der Waals surface area contributed by atoms with Gasteiger partial charge in [-0.3, -0.25) is 4.79 Å². The molecule has 1 aromatic carbocycles. The average Bonchev–Trinajstić information content (AvgIpc) is 2.72. The summed E-state index contributed by atoms with van der Waals surface area (Å²) in [7, 11) is 1.47. The van der Waals surface area contributed by atoms with Crippen LogP contribution in [0, 0.1) is 0 Å². The summed E-state index contributed by atoms with van der Waals surface area (Å²) in [6.45, 7) is 1.55. The topological polar surface area (TPSA) is 54.0 Å². The van der Waals surface area contributed by atoms with E-state index in [0.29, 0.717) is 29.4 Å². The zero-order chi connectivity index (χ0) is 11.5. The van der Waals surface area contributed by atoms with E-state index in [-0.39, 0.29) is 0 Å². The number of methoxy groups -OCH3 is 1. The first-order valence-corrected chi connectivity index (χ1v) is 4.90. The van der Waals surface area contributed by atoms with Crippen molar-refractivity contribution in [1.29, 1.82) is 0 Å². The molecule has 1 aliphatic heterocycles. The Bertz CT molecular complexity index is 402. The third-order valence-electron chi connectivity index (χ3n) is 2.11. The molecule has 0 aliphatic carbocycles. The molecule has 5 heteroatoms. The van der Waals surface area contributed by atoms with Crippen LogP contribution in [0.5, 0.6) is 17.2 Å². The number of fused-ring (bicyclic) bond motifs is 1. The molecular formula is C11H12O5. The maximum Gasteiger partial charge on any atom is 0.361 e. The monoisotopic (exact) mass is 224 g/mol. The number of aldehydes is 1. The van der Waals surface area contributed by atoms with E-state index >= 15 is 0 Å². The minimum absolute atomic E-state index is 0.458. The second-order valence-electron chi connectivity index (χ2n) is 3.16. The third kappa shape index (κ3) is 1.81. The Morgan fingerprint density at radius 1 is 1.44 bits per heavy atom. The summed E-state index contributed by atoms with van der Waals surface area (Å²) in [5.41, 5.74) is 0.475. The summed E-state index contributed by atoms with van der Waals surface area (Å²) in [5, 5.41) is 0. The van der Waals surface area contributed by atoms with Gasteiger partial charge in [-0.1, -0.05) is 0 Å². The van der Waals surface area contributed by atoms with Crippen LogP contribution in [0.1, 0.15) is 17.3 Å². The molecule has 0 bridgehead atoms. The predicted molar refractivity (Wildman–Crippen MR) is 55.1 cm³/mol. The molecule has 1 heterocycles. The lowest BCUT2D eigenvalue weighted by Crippen LogP contribution is -2.19. The number of hydrogen-bond donors (Lipinski definition) is 0. The van der Waals surface area contributed by atoms with Crippen molar-refractivity contribution in [2.45, 2.75) is 13.4 Å². The first kappa shape index (κ1) is 10.8. The number of hydrogen-bond acceptors (Lipinski definition) is 5. The van der Waals surface area contributed by atoms with Gasteiger partial charge in [-0.05, 0) is 19.1 Å². The van der Waals surface area contributed by atoms with E-state index < -0.39 is 6.48 Å². The fourth-order valence-electron chi connectivity index (χ4n) is 1.45. The molecule has 0 aromatic heterocycles. The van der Waals surface area contributed by atoms with Crippen LogP contribution in [-0.2, 0) is 4.74 Å². The van der Waals surface area contributed by atoms with Crippen molar-refractivity contribution in [3.8, 4) is 17.2 Å². The molecule has 0 spiro atoms. The number of carbonyl (C=O) groups is 1. The lowest BCUT2D eigenvalue weighted by atomic mass is 10.2. The van der Waals surface area contributed by atoms with E-state index in [9.17, 15) is 4.79 Å². The third-order valence-corrected chi connectivity index (χ3v) is 2.11. The van der Waals surface area contributed by atoms with E-state index in [1.165, 1.54) is 7.11 Å². The summed E-state index contributed by atoms with van der Waals surface area (Å²) >= 11 is 0. The van der Waals surface area contributed by atoms with Crippen LogP contribution < -0.4 is 14.2 Å². The highest BCUT2D eigenvalue weighted by Crippen LogP contribution is 2.43. The molecule has 1 aliphatic rings. The van der Waals surface area contributed by atoms with Crippen molar-refractivity contribution < 1.29 is 23.7 Å². The van der Waals surface area contributed by atoms with E-state index in [1.807, 2.05) is 6.92 Å². The van der Waals surface area contributed by atoms with Gasteiger partial charge in [-0.25, -0.2) is 0 Å². The van der Waals surface area contributed by atoms with E-state index in [2.05, 4.69) is 0 Å². The first-order valence-electron chi connectivity index (χ1n) is 4.90. The Balaban J connectivity index is 2.39. The van der Waals surface area contributed by atoms with Crippen LogP contribution in [0.25, 0.3) is 0 Å². The minimum Gasteiger partial charge on any atom is -0.490 e. The van der Waals surface area contributed by atoms with Crippen LogP contribution in [0.15, 0.2) is 12.1 Å². The zero-order valence-corrected chi connectivity index (χ0v) is 9.06. The number of benzene rings is 1. The van der Waals surface area contributed by atoms with E-state index in [4.69, 9.17) is 18.9 Å². The standard InChI is InChI=1S/C11H12O5/c1-3-14-8-4-7(6-12)5-9-10(8)16-11(13-2)15-9/h4-6,11H,3H2,1-2H3. The SMILES string of the molecule is CCOc1cc(C=O)cc2c1OC(OC)O2. The molecule has 0 saturated carbocycles. The highest BCUT2D eigenvalue weighted by molar-refractivity contribution is 5.78. The summed E-state index contributed by atoms with van der Waals surface area (Å²) in [5.74, 6) is 1.42. The largest absolute Gasteiger partial charge is 0.490 e. The van der Waals surface area contributed by atoms with Crippen molar-refractivity contribution in [1.82, 2.24) is 0 Å². The molecule has 1 aromatic rings. The maximum atomic E-state index is 10.7. The van der Waals surface area contributed by atoms with Crippen LogP contribution in [0.2, 0.25) is 0 Å². The Hall–Kier alpha value is -1.75. The van der Waals surface area contributed by atoms with Crippen LogP contribution >= 0.6 is 0 Å². The maximum absolute atomic E-state index is 10.7. The van der Waals surface area contributed by atoms with Crippen LogP contribution in [0.4, 0.5) is 0 Å². The molecule has 1 atom stereocenters. The van der Waals surface area contributed by atoms with Crippen molar-refractivity contribution in [2.24, 2.45) is 0 Å². The number of rotatable bonds is 4. The summed E-state index contributed by atoms with van der Waals surface area (Å²) in [4.78, 5) is 10.7. The minimum atomic E-state index is -0.781. The second kappa shape index (κ2) is 4.40. The highest BCUT2D eigenvalue weighted by atomic mass is 16.9. The zero-order valence-electron chi connectivity index (χ0n) is 9.06. The fourth-order valence-corrected chi connectivity index (χ4v) is 1.45. The highest BCUT2D eigenvalue weighted by Gasteiger charge is 2.28. The lowest BCUT2D eigenvalue weighted by molar-refractivity contribution is -0.158. The van der Waals surface area contributed by atoms with Gasteiger partial charge < -0.3 is 18.9 Å². The Labute approximate surface area is 92.9 Å². The van der Waals surface area contributed by atoms with Crippen molar-refractivity contribution >= 4 is 6.29 Å². The Morgan fingerprint density at radius 2 is 2.25 bits per heavy atom. The van der Waals surface area contributed by atoms with Crippen molar-refractivity contribution in [2.75, 3.05) is 13.7 Å². The summed E-state index contributed by atoms with van der Waals surface area (Å²) < 4.78 is 20.9. The van der Waals surface area contributed by atoms with Crippen molar-refractivity contribution in [3.05, 3.63) is 17.7 Å². The normalized spacial score (nSPS) is 17.2. The van der Waals surface area contributed by atoms with Gasteiger partial charge in [0.25, 0.3) is 0 Å². The van der Waals surface area contributed by atoms with E-state index in [0.717, 1.165) is 6.29 Å². The quantitative estimate of drug-likeness (QED) is 0.727. The molecule has 0 saturated heterocycles. The Morgan fingerprint density at radius 3 is 2.88 bits per heavy atom. The Kier molecular flexibility index (Phi) is 2.96. The molecule has 5 nitrogen and oxygen atoms in total. The number of ether oxygens (including phenoxy) is 4. The smallest absolute Gasteiger partial charge is 0.361 e.